The minimum absolute atomic E-state index is 0.0158. The summed E-state index contributed by atoms with van der Waals surface area (Å²) in [6.45, 7) is 6.56. The van der Waals surface area contributed by atoms with Crippen molar-refractivity contribution in [2.75, 3.05) is 5.32 Å². The second-order valence-electron chi connectivity index (χ2n) is 10.3. The maximum absolute atomic E-state index is 13.1. The highest BCUT2D eigenvalue weighted by atomic mass is 35.5. The number of amides is 1. The molecule has 172 valence electrons. The molecule has 2 heterocycles. The minimum atomic E-state index is -0.506. The number of aromatic nitrogens is 4. The molecule has 4 bridgehead atoms. The molecule has 4 saturated carbocycles. The number of nitrogens with one attached hydrogen (secondary N) is 1. The first-order valence-electron chi connectivity index (χ1n) is 11.4. The highest BCUT2D eigenvalue weighted by Crippen LogP contribution is 2.65. The summed E-state index contributed by atoms with van der Waals surface area (Å²) in [5.41, 5.74) is 1.97. The second kappa shape index (κ2) is 7.30. The van der Waals surface area contributed by atoms with Crippen molar-refractivity contribution in [3.63, 3.8) is 0 Å². The third-order valence-electron chi connectivity index (χ3n) is 8.01. The quantitative estimate of drug-likeness (QED) is 0.500. The molecule has 0 radical (unpaired) electrons. The zero-order valence-electron chi connectivity index (χ0n) is 18.7. The lowest BCUT2D eigenvalue weighted by Crippen LogP contribution is -2.57. The van der Waals surface area contributed by atoms with Crippen LogP contribution in [0.2, 0.25) is 5.02 Å². The Morgan fingerprint density at radius 3 is 2.53 bits per heavy atom. The van der Waals surface area contributed by atoms with Gasteiger partial charge in [-0.25, -0.2) is 0 Å². The van der Waals surface area contributed by atoms with E-state index in [1.54, 1.807) is 6.20 Å². The predicted octanol–water partition coefficient (Wildman–Crippen LogP) is 4.60. The van der Waals surface area contributed by atoms with Crippen LogP contribution in [-0.2, 0) is 16.9 Å². The molecule has 9 nitrogen and oxygen atoms in total. The number of carbonyl (C=O) groups is 1. The van der Waals surface area contributed by atoms with E-state index in [1.807, 2.05) is 30.1 Å². The smallest absolute Gasteiger partial charge is 0.358 e. The molecule has 32 heavy (non-hydrogen) atoms. The monoisotopic (exact) mass is 460 g/mol. The van der Waals surface area contributed by atoms with Gasteiger partial charge in [-0.1, -0.05) is 11.6 Å². The Morgan fingerprint density at radius 1 is 1.28 bits per heavy atom. The molecule has 4 aliphatic carbocycles. The Kier molecular flexibility index (Phi) is 4.89. The molecule has 4 fully saturated rings. The number of halogens is 1. The number of rotatable bonds is 6. The lowest BCUT2D eigenvalue weighted by atomic mass is 9.46. The van der Waals surface area contributed by atoms with Crippen molar-refractivity contribution >= 4 is 29.0 Å². The fourth-order valence-electron chi connectivity index (χ4n) is 7.33. The molecule has 4 aliphatic rings. The average molecular weight is 461 g/mol. The van der Waals surface area contributed by atoms with E-state index in [2.05, 4.69) is 15.5 Å². The fourth-order valence-corrected chi connectivity index (χ4v) is 7.51. The molecule has 0 aromatic carbocycles. The minimum Gasteiger partial charge on any atom is -0.358 e. The van der Waals surface area contributed by atoms with Gasteiger partial charge in [-0.2, -0.15) is 9.78 Å². The second-order valence-corrected chi connectivity index (χ2v) is 10.6. The summed E-state index contributed by atoms with van der Waals surface area (Å²) >= 11 is 6.29. The van der Waals surface area contributed by atoms with Gasteiger partial charge in [0.1, 0.15) is 0 Å². The summed E-state index contributed by atoms with van der Waals surface area (Å²) in [4.78, 5) is 24.0. The Morgan fingerprint density at radius 2 is 1.97 bits per heavy atom. The fraction of sp³-hybridized carbons (Fsp3) is 0.682. The van der Waals surface area contributed by atoms with Gasteiger partial charge >= 0.3 is 5.82 Å². The van der Waals surface area contributed by atoms with E-state index in [-0.39, 0.29) is 27.7 Å². The molecule has 0 spiro atoms. The molecule has 1 N–H and O–H groups in total. The Labute approximate surface area is 191 Å². The summed E-state index contributed by atoms with van der Waals surface area (Å²) in [5.74, 6) is 0.766. The molecule has 6 rings (SSSR count). The first-order valence-corrected chi connectivity index (χ1v) is 11.8. The molecule has 2 unspecified atom stereocenters. The van der Waals surface area contributed by atoms with Crippen LogP contribution in [0.5, 0.6) is 0 Å². The van der Waals surface area contributed by atoms with E-state index in [0.717, 1.165) is 50.0 Å². The van der Waals surface area contributed by atoms with E-state index < -0.39 is 4.92 Å². The number of hydrogen-bond donors (Lipinski definition) is 1. The number of carbonyl (C=O) groups excluding carboxylic acids is 1. The van der Waals surface area contributed by atoms with Gasteiger partial charge in [-0.15, -0.1) is 0 Å². The third-order valence-corrected chi connectivity index (χ3v) is 8.45. The Bertz CT molecular complexity index is 1090. The summed E-state index contributed by atoms with van der Waals surface area (Å²) < 4.78 is 3.71. The molecular formula is C22H29ClN6O3. The van der Waals surface area contributed by atoms with Gasteiger partial charge in [0.15, 0.2) is 5.02 Å². The SMILES string of the molecule is CCn1ncc(NC(=O)CC23CC4CC(C2)CC(n2nc([N+](=O)[O-])c(Cl)c2C)(C4)C3)c1C. The van der Waals surface area contributed by atoms with E-state index in [9.17, 15) is 14.9 Å². The standard InChI is InChI=1S/C22H29ClN6O3/c1-4-27-13(2)17(11-24-27)25-18(30)10-21-6-15-5-16(7-21)9-22(8-15,12-21)28-14(3)19(23)20(26-28)29(31)32/h11,15-16H,4-10,12H2,1-3H3,(H,25,30). The maximum atomic E-state index is 13.1. The lowest BCUT2D eigenvalue weighted by Gasteiger charge is -2.61. The van der Waals surface area contributed by atoms with Crippen LogP contribution in [-0.4, -0.2) is 30.4 Å². The topological polar surface area (TPSA) is 108 Å². The van der Waals surface area contributed by atoms with Crippen molar-refractivity contribution in [2.45, 2.75) is 77.8 Å². The average Bonchev–Trinajstić information content (AvgIpc) is 3.20. The van der Waals surface area contributed by atoms with Gasteiger partial charge in [-0.3, -0.25) is 9.48 Å². The van der Waals surface area contributed by atoms with E-state index in [0.29, 0.717) is 24.0 Å². The number of hydrogen-bond acceptors (Lipinski definition) is 5. The first kappa shape index (κ1) is 21.4. The number of nitrogens with zero attached hydrogens (tertiary/aromatic N) is 5. The van der Waals surface area contributed by atoms with Crippen LogP contribution in [0.15, 0.2) is 6.20 Å². The van der Waals surface area contributed by atoms with E-state index in [4.69, 9.17) is 11.6 Å². The lowest BCUT2D eigenvalue weighted by molar-refractivity contribution is -0.389. The highest BCUT2D eigenvalue weighted by molar-refractivity contribution is 6.33. The van der Waals surface area contributed by atoms with Crippen LogP contribution < -0.4 is 5.32 Å². The van der Waals surface area contributed by atoms with Gasteiger partial charge in [0.05, 0.1) is 33.9 Å². The molecule has 0 aliphatic heterocycles. The summed E-state index contributed by atoms with van der Waals surface area (Å²) in [7, 11) is 0. The Hall–Kier alpha value is -2.42. The number of anilines is 1. The van der Waals surface area contributed by atoms with E-state index in [1.165, 1.54) is 6.42 Å². The van der Waals surface area contributed by atoms with Gasteiger partial charge in [-0.05, 0) is 81.5 Å². The van der Waals surface area contributed by atoms with Crippen molar-refractivity contribution in [3.05, 3.63) is 32.7 Å². The van der Waals surface area contributed by atoms with Gasteiger partial charge < -0.3 is 15.4 Å². The van der Waals surface area contributed by atoms with Crippen molar-refractivity contribution in [1.82, 2.24) is 19.6 Å². The van der Waals surface area contributed by atoms with Crippen LogP contribution in [0.1, 0.15) is 63.3 Å². The number of nitro groups is 1. The first-order chi connectivity index (χ1) is 15.2. The van der Waals surface area contributed by atoms with Crippen LogP contribution in [0.4, 0.5) is 11.5 Å². The van der Waals surface area contributed by atoms with Crippen LogP contribution >= 0.6 is 11.6 Å². The molecule has 2 atom stereocenters. The molecule has 10 heteroatoms. The van der Waals surface area contributed by atoms with Crippen LogP contribution in [0, 0.1) is 41.2 Å². The zero-order chi connectivity index (χ0) is 22.8. The van der Waals surface area contributed by atoms with Crippen molar-refractivity contribution in [2.24, 2.45) is 17.3 Å². The molecule has 0 saturated heterocycles. The predicted molar refractivity (Wildman–Crippen MR) is 120 cm³/mol. The normalized spacial score (nSPS) is 30.6. The number of aryl methyl sites for hydroxylation is 1. The van der Waals surface area contributed by atoms with Crippen LogP contribution in [0.3, 0.4) is 0 Å². The third kappa shape index (κ3) is 3.24. The van der Waals surface area contributed by atoms with Crippen molar-refractivity contribution in [1.29, 1.82) is 0 Å². The zero-order valence-corrected chi connectivity index (χ0v) is 19.5. The molecule has 2 aromatic rings. The maximum Gasteiger partial charge on any atom is 0.408 e. The van der Waals surface area contributed by atoms with Gasteiger partial charge in [0.2, 0.25) is 5.91 Å². The van der Waals surface area contributed by atoms with Crippen molar-refractivity contribution < 1.29 is 9.72 Å². The van der Waals surface area contributed by atoms with Gasteiger partial charge in [0, 0.05) is 13.0 Å². The largest absolute Gasteiger partial charge is 0.408 e. The Balaban J connectivity index is 1.42. The van der Waals surface area contributed by atoms with Crippen LogP contribution in [0.25, 0.3) is 0 Å². The molecule has 2 aromatic heterocycles. The summed E-state index contributed by atoms with van der Waals surface area (Å²) in [6.07, 6.45) is 8.11. The summed E-state index contributed by atoms with van der Waals surface area (Å²) in [6, 6.07) is 0. The van der Waals surface area contributed by atoms with Crippen molar-refractivity contribution in [3.8, 4) is 0 Å². The van der Waals surface area contributed by atoms with Gasteiger partial charge in [0.25, 0.3) is 0 Å². The highest BCUT2D eigenvalue weighted by Gasteiger charge is 2.60. The molecule has 1 amide bonds. The van der Waals surface area contributed by atoms with E-state index >= 15 is 0 Å². The molecular weight excluding hydrogens is 432 g/mol. The summed E-state index contributed by atoms with van der Waals surface area (Å²) in [5, 5.41) is 23.3.